The van der Waals surface area contributed by atoms with Crippen molar-refractivity contribution in [2.45, 2.75) is 0 Å². The number of anilines is 3. The first-order chi connectivity index (χ1) is 23.8. The van der Waals surface area contributed by atoms with Gasteiger partial charge >= 0.3 is 0 Å². The number of thiophene rings is 2. The summed E-state index contributed by atoms with van der Waals surface area (Å²) >= 11 is 3.79. The molecule has 3 heterocycles. The Morgan fingerprint density at radius 3 is 1.50 bits per heavy atom. The Morgan fingerprint density at radius 1 is 0.354 bits per heavy atom. The van der Waals surface area contributed by atoms with Crippen LogP contribution in [0.15, 0.2) is 158 Å². The smallest absolute Gasteiger partial charge is 0.0561 e. The van der Waals surface area contributed by atoms with Gasteiger partial charge in [-0.1, -0.05) is 84.9 Å². The Labute approximate surface area is 284 Å². The summed E-state index contributed by atoms with van der Waals surface area (Å²) in [6.45, 7) is 0. The summed E-state index contributed by atoms with van der Waals surface area (Å²) in [5.41, 5.74) is 7.19. The molecule has 224 valence electrons. The zero-order valence-corrected chi connectivity index (χ0v) is 27.4. The minimum Gasteiger partial charge on any atom is -0.310 e. The predicted molar refractivity (Wildman–Crippen MR) is 210 cm³/mol. The minimum absolute atomic E-state index is 1.15. The summed E-state index contributed by atoms with van der Waals surface area (Å²) < 4.78 is 7.80. The van der Waals surface area contributed by atoms with Crippen LogP contribution in [0.3, 0.4) is 0 Å². The quantitative estimate of drug-likeness (QED) is 0.173. The second kappa shape index (κ2) is 9.91. The van der Waals surface area contributed by atoms with E-state index in [-0.39, 0.29) is 0 Å². The molecule has 4 heteroatoms. The molecule has 0 saturated heterocycles. The maximum Gasteiger partial charge on any atom is 0.0561 e. The number of rotatable bonds is 4. The van der Waals surface area contributed by atoms with Gasteiger partial charge in [-0.25, -0.2) is 0 Å². The van der Waals surface area contributed by atoms with E-state index in [1.165, 1.54) is 78.6 Å². The number of para-hydroxylation sites is 3. The first-order valence-electron chi connectivity index (χ1n) is 16.3. The molecule has 0 aliphatic carbocycles. The van der Waals surface area contributed by atoms with E-state index in [0.29, 0.717) is 0 Å². The second-order valence-corrected chi connectivity index (χ2v) is 14.7. The van der Waals surface area contributed by atoms with Crippen LogP contribution in [0.25, 0.3) is 78.6 Å². The SMILES string of the molecule is c1ccc(N(c2ccccc2)c2ccc3sc4cc5c6c(ccc7c8c(cc(c76)n5-c5ccccc5)sc5ccccc58)c4c3c2)cc1. The molecule has 0 unspecified atom stereocenters. The third-order valence-corrected chi connectivity index (χ3v) is 12.1. The van der Waals surface area contributed by atoms with Crippen molar-refractivity contribution in [2.75, 3.05) is 4.90 Å². The molecule has 0 saturated carbocycles. The summed E-state index contributed by atoms with van der Waals surface area (Å²) in [7, 11) is 0. The van der Waals surface area contributed by atoms with Gasteiger partial charge < -0.3 is 9.47 Å². The van der Waals surface area contributed by atoms with Crippen LogP contribution in [0.5, 0.6) is 0 Å². The van der Waals surface area contributed by atoms with Gasteiger partial charge in [0.05, 0.1) is 11.0 Å². The molecule has 0 amide bonds. The number of hydrogen-bond donors (Lipinski definition) is 0. The van der Waals surface area contributed by atoms with Crippen molar-refractivity contribution in [3.8, 4) is 5.69 Å². The maximum atomic E-state index is 2.50. The topological polar surface area (TPSA) is 8.17 Å². The van der Waals surface area contributed by atoms with Gasteiger partial charge in [-0.15, -0.1) is 22.7 Å². The van der Waals surface area contributed by atoms with Crippen LogP contribution in [-0.4, -0.2) is 4.57 Å². The molecule has 0 bridgehead atoms. The molecule has 0 fully saturated rings. The lowest BCUT2D eigenvalue weighted by Gasteiger charge is -2.25. The van der Waals surface area contributed by atoms with E-state index in [4.69, 9.17) is 0 Å². The first-order valence-corrected chi connectivity index (χ1v) is 17.9. The lowest BCUT2D eigenvalue weighted by molar-refractivity contribution is 1.18. The van der Waals surface area contributed by atoms with Crippen LogP contribution < -0.4 is 4.90 Å². The molecular weight excluding hydrogens is 621 g/mol. The molecule has 0 radical (unpaired) electrons. The molecule has 3 aromatic heterocycles. The molecular formula is C44H26N2S2. The Morgan fingerprint density at radius 2 is 0.875 bits per heavy atom. The summed E-state index contributed by atoms with van der Waals surface area (Å²) in [6.07, 6.45) is 0. The monoisotopic (exact) mass is 646 g/mol. The van der Waals surface area contributed by atoms with Gasteiger partial charge in [0.1, 0.15) is 0 Å². The lowest BCUT2D eigenvalue weighted by atomic mass is 9.96. The predicted octanol–water partition coefficient (Wildman–Crippen LogP) is 13.6. The molecule has 2 nitrogen and oxygen atoms in total. The van der Waals surface area contributed by atoms with Crippen LogP contribution in [0, 0.1) is 0 Å². The normalized spacial score (nSPS) is 12.2. The van der Waals surface area contributed by atoms with E-state index in [9.17, 15) is 0 Å². The molecule has 0 atom stereocenters. The van der Waals surface area contributed by atoms with Gasteiger partial charge in [0.15, 0.2) is 0 Å². The Bertz CT molecular complexity index is 2950. The van der Waals surface area contributed by atoms with Gasteiger partial charge in [0.25, 0.3) is 0 Å². The lowest BCUT2D eigenvalue weighted by Crippen LogP contribution is -2.09. The van der Waals surface area contributed by atoms with Crippen molar-refractivity contribution in [3.05, 3.63) is 158 Å². The van der Waals surface area contributed by atoms with E-state index in [2.05, 4.69) is 167 Å². The fraction of sp³-hybridized carbons (Fsp3) is 0. The Kier molecular flexibility index (Phi) is 5.45. The van der Waals surface area contributed by atoms with Crippen LogP contribution in [0.4, 0.5) is 17.1 Å². The molecule has 11 rings (SSSR count). The van der Waals surface area contributed by atoms with Crippen LogP contribution in [0.1, 0.15) is 0 Å². The molecule has 0 spiro atoms. The number of nitrogens with zero attached hydrogens (tertiary/aromatic N) is 2. The van der Waals surface area contributed by atoms with Crippen molar-refractivity contribution in [1.82, 2.24) is 4.57 Å². The summed E-state index contributed by atoms with van der Waals surface area (Å²) in [5, 5.41) is 10.7. The number of aromatic nitrogens is 1. The standard InChI is InChI=1S/C44H26N2S2/c1-4-12-27(13-5-1)45(28-14-6-2-7-15-28)30-20-23-38-34(24-30)42-33-22-21-32-41-31-18-10-11-19-37(31)47-39(41)25-35-43(32)44(33)36(26-40(42)48-38)46(35)29-16-8-3-9-17-29/h1-26H. The van der Waals surface area contributed by atoms with Gasteiger partial charge in [-0.05, 0) is 83.6 Å². The Balaban J connectivity index is 1.27. The zero-order valence-electron chi connectivity index (χ0n) is 25.7. The molecule has 8 aromatic carbocycles. The highest BCUT2D eigenvalue weighted by atomic mass is 32.1. The van der Waals surface area contributed by atoms with Crippen molar-refractivity contribution < 1.29 is 0 Å². The van der Waals surface area contributed by atoms with Gasteiger partial charge in [-0.2, -0.15) is 0 Å². The molecule has 0 aliphatic rings. The van der Waals surface area contributed by atoms with Crippen LogP contribution in [0.2, 0.25) is 0 Å². The zero-order chi connectivity index (χ0) is 31.3. The van der Waals surface area contributed by atoms with E-state index in [1.54, 1.807) is 0 Å². The molecule has 0 aliphatic heterocycles. The highest BCUT2D eigenvalue weighted by Gasteiger charge is 2.24. The average Bonchev–Trinajstić information content (AvgIpc) is 3.81. The summed E-state index contributed by atoms with van der Waals surface area (Å²) in [6, 6.07) is 57.8. The maximum absolute atomic E-state index is 2.50. The van der Waals surface area contributed by atoms with E-state index in [0.717, 1.165) is 17.1 Å². The fourth-order valence-electron chi connectivity index (χ4n) is 7.95. The van der Waals surface area contributed by atoms with Crippen molar-refractivity contribution in [3.63, 3.8) is 0 Å². The number of fused-ring (bicyclic) bond motifs is 8. The second-order valence-electron chi connectivity index (χ2n) is 12.5. The third-order valence-electron chi connectivity index (χ3n) is 9.90. The largest absolute Gasteiger partial charge is 0.310 e. The average molecular weight is 647 g/mol. The first kappa shape index (κ1) is 26.4. The molecule has 48 heavy (non-hydrogen) atoms. The molecule has 0 N–H and O–H groups in total. The fourth-order valence-corrected chi connectivity index (χ4v) is 10.2. The van der Waals surface area contributed by atoms with Crippen molar-refractivity contribution in [1.29, 1.82) is 0 Å². The van der Waals surface area contributed by atoms with Crippen LogP contribution in [-0.2, 0) is 0 Å². The van der Waals surface area contributed by atoms with E-state index < -0.39 is 0 Å². The van der Waals surface area contributed by atoms with Gasteiger partial charge in [0.2, 0.25) is 0 Å². The van der Waals surface area contributed by atoms with Gasteiger partial charge in [0, 0.05) is 73.9 Å². The van der Waals surface area contributed by atoms with Crippen molar-refractivity contribution >= 4 is 113 Å². The summed E-state index contributed by atoms with van der Waals surface area (Å²) in [4.78, 5) is 2.36. The highest BCUT2D eigenvalue weighted by Crippen LogP contribution is 2.50. The van der Waals surface area contributed by atoms with Gasteiger partial charge in [-0.3, -0.25) is 0 Å². The van der Waals surface area contributed by atoms with E-state index in [1.807, 2.05) is 22.7 Å². The summed E-state index contributed by atoms with van der Waals surface area (Å²) in [5.74, 6) is 0. The number of benzene rings is 8. The molecule has 11 aromatic rings. The van der Waals surface area contributed by atoms with Crippen molar-refractivity contribution in [2.24, 2.45) is 0 Å². The third kappa shape index (κ3) is 3.61. The van der Waals surface area contributed by atoms with E-state index >= 15 is 0 Å². The van der Waals surface area contributed by atoms with Crippen LogP contribution >= 0.6 is 22.7 Å². The number of hydrogen-bond acceptors (Lipinski definition) is 3. The minimum atomic E-state index is 1.15. The highest BCUT2D eigenvalue weighted by molar-refractivity contribution is 7.26. The Hall–Kier alpha value is -5.68.